The molecule has 0 fully saturated rings. The first-order valence-electron chi connectivity index (χ1n) is 10.5. The van der Waals surface area contributed by atoms with Crippen molar-refractivity contribution in [3.05, 3.63) is 94.7 Å². The molecule has 0 aromatic heterocycles. The van der Waals surface area contributed by atoms with Crippen molar-refractivity contribution in [2.24, 2.45) is 0 Å². The van der Waals surface area contributed by atoms with E-state index in [1.54, 1.807) is 66.7 Å². The highest BCUT2D eigenvalue weighted by atomic mass is 35.5. The number of nitrogens with zero attached hydrogens (tertiary/aromatic N) is 1. The van der Waals surface area contributed by atoms with Crippen molar-refractivity contribution in [2.45, 2.75) is 6.92 Å². The molecule has 0 bridgehead atoms. The highest BCUT2D eigenvalue weighted by Gasteiger charge is 2.39. The van der Waals surface area contributed by atoms with E-state index >= 15 is 0 Å². The Balaban J connectivity index is 1.50. The maximum absolute atomic E-state index is 13.0. The summed E-state index contributed by atoms with van der Waals surface area (Å²) in [6.45, 7) is 1.46. The zero-order chi connectivity index (χ0) is 25.1. The van der Waals surface area contributed by atoms with Crippen molar-refractivity contribution in [3.8, 4) is 5.75 Å². The molecular weight excluding hydrogens is 470 g/mol. The molecule has 0 atom stereocenters. The Morgan fingerprint density at radius 3 is 2.17 bits per heavy atom. The number of halogens is 1. The van der Waals surface area contributed by atoms with Crippen LogP contribution in [-0.2, 0) is 9.59 Å². The Morgan fingerprint density at radius 1 is 0.857 bits per heavy atom. The molecule has 9 heteroatoms. The van der Waals surface area contributed by atoms with Gasteiger partial charge < -0.3 is 15.4 Å². The van der Waals surface area contributed by atoms with Gasteiger partial charge in [-0.1, -0.05) is 17.7 Å². The summed E-state index contributed by atoms with van der Waals surface area (Å²) in [5, 5.41) is 5.36. The zero-order valence-electron chi connectivity index (χ0n) is 18.8. The number of Topliss-reactive ketones (excluding diaryl/α,β-unsaturated/α-hetero) is 1. The molecule has 4 rings (SSSR count). The molecule has 1 aliphatic heterocycles. The lowest BCUT2D eigenvalue weighted by Crippen LogP contribution is -2.32. The number of methoxy groups -OCH3 is 1. The van der Waals surface area contributed by atoms with E-state index in [1.807, 2.05) is 0 Å². The van der Waals surface area contributed by atoms with Gasteiger partial charge in [-0.15, -0.1) is 0 Å². The number of rotatable bonds is 7. The average molecular weight is 490 g/mol. The number of imide groups is 1. The number of anilines is 3. The Morgan fingerprint density at radius 2 is 1.54 bits per heavy atom. The van der Waals surface area contributed by atoms with Crippen molar-refractivity contribution < 1.29 is 23.9 Å². The van der Waals surface area contributed by atoms with Crippen molar-refractivity contribution in [1.82, 2.24) is 0 Å². The fraction of sp³-hybridized carbons (Fsp3) is 0.0769. The number of amides is 3. The molecule has 0 saturated carbocycles. The number of hydrogen-bond donors (Lipinski definition) is 2. The van der Waals surface area contributed by atoms with Crippen molar-refractivity contribution in [2.75, 3.05) is 22.6 Å². The molecular formula is C26H20ClN3O5. The quantitative estimate of drug-likeness (QED) is 0.371. The normalized spacial score (nSPS) is 13.2. The Kier molecular flexibility index (Phi) is 6.66. The van der Waals surface area contributed by atoms with E-state index in [-0.39, 0.29) is 16.5 Å². The van der Waals surface area contributed by atoms with Crippen molar-refractivity contribution in [3.63, 3.8) is 0 Å². The summed E-state index contributed by atoms with van der Waals surface area (Å²) in [6, 6.07) is 19.4. The first-order valence-corrected chi connectivity index (χ1v) is 10.9. The van der Waals surface area contributed by atoms with Crippen LogP contribution < -0.4 is 20.3 Å². The molecule has 3 aromatic rings. The van der Waals surface area contributed by atoms with Gasteiger partial charge in [-0.3, -0.25) is 19.2 Å². The van der Waals surface area contributed by atoms with Crippen LogP contribution in [0.5, 0.6) is 5.75 Å². The molecule has 0 saturated heterocycles. The maximum atomic E-state index is 13.0. The second-order valence-electron chi connectivity index (χ2n) is 7.63. The van der Waals surface area contributed by atoms with Gasteiger partial charge >= 0.3 is 0 Å². The fourth-order valence-electron chi connectivity index (χ4n) is 3.45. The van der Waals surface area contributed by atoms with E-state index in [2.05, 4.69) is 10.6 Å². The Labute approximate surface area is 206 Å². The second-order valence-corrected chi connectivity index (χ2v) is 8.00. The molecule has 3 aromatic carbocycles. The van der Waals surface area contributed by atoms with E-state index < -0.39 is 17.7 Å². The van der Waals surface area contributed by atoms with E-state index in [4.69, 9.17) is 16.3 Å². The molecule has 2 N–H and O–H groups in total. The predicted molar refractivity (Wildman–Crippen MR) is 133 cm³/mol. The van der Waals surface area contributed by atoms with E-state index in [0.29, 0.717) is 33.9 Å². The number of nitrogens with one attached hydrogen (secondary N) is 2. The van der Waals surface area contributed by atoms with Gasteiger partial charge in [0.15, 0.2) is 5.78 Å². The molecule has 0 unspecified atom stereocenters. The number of carbonyl (C=O) groups is 4. The van der Waals surface area contributed by atoms with Crippen LogP contribution in [0, 0.1) is 0 Å². The maximum Gasteiger partial charge on any atom is 0.283 e. The summed E-state index contributed by atoms with van der Waals surface area (Å²) in [5.41, 5.74) is 2.03. The molecule has 35 heavy (non-hydrogen) atoms. The fourth-order valence-corrected chi connectivity index (χ4v) is 3.66. The zero-order valence-corrected chi connectivity index (χ0v) is 19.6. The number of hydrogen-bond acceptors (Lipinski definition) is 6. The van der Waals surface area contributed by atoms with Gasteiger partial charge in [0.2, 0.25) is 0 Å². The first kappa shape index (κ1) is 23.7. The largest absolute Gasteiger partial charge is 0.497 e. The molecule has 0 radical (unpaired) electrons. The molecule has 1 heterocycles. The van der Waals surface area contributed by atoms with Crippen LogP contribution in [0.1, 0.15) is 27.6 Å². The summed E-state index contributed by atoms with van der Waals surface area (Å²) in [4.78, 5) is 50.7. The number of ketones is 1. The lowest BCUT2D eigenvalue weighted by atomic mass is 10.1. The van der Waals surface area contributed by atoms with Gasteiger partial charge in [0.25, 0.3) is 17.7 Å². The highest BCUT2D eigenvalue weighted by molar-refractivity contribution is 6.53. The lowest BCUT2D eigenvalue weighted by Gasteiger charge is -2.15. The van der Waals surface area contributed by atoms with Crippen LogP contribution >= 0.6 is 11.6 Å². The van der Waals surface area contributed by atoms with E-state index in [1.165, 1.54) is 20.1 Å². The predicted octanol–water partition coefficient (Wildman–Crippen LogP) is 4.59. The van der Waals surface area contributed by atoms with Gasteiger partial charge in [0.1, 0.15) is 16.5 Å². The lowest BCUT2D eigenvalue weighted by molar-refractivity contribution is -0.120. The summed E-state index contributed by atoms with van der Waals surface area (Å²) in [6.07, 6.45) is 0. The standard InChI is InChI=1S/C26H20ClN3O5/c1-15(31)16-6-8-18(9-7-16)29-24(32)17-4-3-5-19(14-17)28-23-22(27)25(33)30(26(23)34)20-10-12-21(35-2)13-11-20/h3-14,28H,1-2H3,(H,29,32). The number of carbonyl (C=O) groups excluding carboxylic acids is 4. The molecule has 8 nitrogen and oxygen atoms in total. The molecule has 3 amide bonds. The SMILES string of the molecule is COc1ccc(N2C(=O)C(Cl)=C(Nc3cccc(C(=O)Nc4ccc(C(C)=O)cc4)c3)C2=O)cc1. The third-order valence-corrected chi connectivity index (χ3v) is 5.65. The Hall–Kier alpha value is -4.43. The van der Waals surface area contributed by atoms with Crippen molar-refractivity contribution in [1.29, 1.82) is 0 Å². The van der Waals surface area contributed by atoms with Crippen LogP contribution in [0.2, 0.25) is 0 Å². The van der Waals surface area contributed by atoms with Gasteiger partial charge in [-0.2, -0.15) is 0 Å². The molecule has 0 aliphatic carbocycles. The van der Waals surface area contributed by atoms with Crippen LogP contribution in [0.4, 0.5) is 17.1 Å². The third-order valence-electron chi connectivity index (χ3n) is 5.30. The smallest absolute Gasteiger partial charge is 0.283 e. The summed E-state index contributed by atoms with van der Waals surface area (Å²) in [5.74, 6) is -1.16. The minimum absolute atomic E-state index is 0.0693. The van der Waals surface area contributed by atoms with E-state index in [9.17, 15) is 19.2 Å². The first-order chi connectivity index (χ1) is 16.8. The van der Waals surface area contributed by atoms with Crippen LogP contribution in [-0.4, -0.2) is 30.6 Å². The second kappa shape index (κ2) is 9.82. The van der Waals surface area contributed by atoms with Crippen LogP contribution in [0.25, 0.3) is 0 Å². The monoisotopic (exact) mass is 489 g/mol. The summed E-state index contributed by atoms with van der Waals surface area (Å²) in [7, 11) is 1.51. The van der Waals surface area contributed by atoms with Crippen LogP contribution in [0.15, 0.2) is 83.5 Å². The third kappa shape index (κ3) is 4.92. The Bertz CT molecular complexity index is 1360. The van der Waals surface area contributed by atoms with Gasteiger partial charge in [0, 0.05) is 22.5 Å². The minimum Gasteiger partial charge on any atom is -0.497 e. The molecule has 176 valence electrons. The van der Waals surface area contributed by atoms with E-state index in [0.717, 1.165) is 4.90 Å². The molecule has 0 spiro atoms. The molecule has 1 aliphatic rings. The highest BCUT2D eigenvalue weighted by Crippen LogP contribution is 2.31. The van der Waals surface area contributed by atoms with Gasteiger partial charge in [-0.25, -0.2) is 4.90 Å². The number of ether oxygens (including phenoxy) is 1. The minimum atomic E-state index is -0.660. The summed E-state index contributed by atoms with van der Waals surface area (Å²) < 4.78 is 5.11. The van der Waals surface area contributed by atoms with Crippen LogP contribution in [0.3, 0.4) is 0 Å². The van der Waals surface area contributed by atoms with Gasteiger partial charge in [0.05, 0.1) is 12.8 Å². The average Bonchev–Trinajstić information content (AvgIpc) is 3.07. The van der Waals surface area contributed by atoms with Crippen molar-refractivity contribution >= 4 is 52.2 Å². The summed E-state index contributed by atoms with van der Waals surface area (Å²) >= 11 is 6.20. The topological polar surface area (TPSA) is 105 Å². The number of benzene rings is 3. The van der Waals surface area contributed by atoms with Gasteiger partial charge in [-0.05, 0) is 73.7 Å².